The van der Waals surface area contributed by atoms with Gasteiger partial charge in [-0.25, -0.2) is 4.79 Å². The van der Waals surface area contributed by atoms with E-state index in [9.17, 15) is 24.6 Å². The molecule has 2 aliphatic heterocycles. The average Bonchev–Trinajstić information content (AvgIpc) is 2.89. The number of hydrogen-bond donors (Lipinski definition) is 3. The van der Waals surface area contributed by atoms with Gasteiger partial charge in [-0.05, 0) is 37.1 Å². The molecule has 0 aromatic heterocycles. The number of aliphatic hydroxyl groups is 1. The lowest BCUT2D eigenvalue weighted by Gasteiger charge is -2.44. The molecule has 2 heterocycles. The molecule has 4 N–H and O–H groups in total. The molecule has 0 aliphatic carbocycles. The zero-order chi connectivity index (χ0) is 19.9. The molecule has 3 atom stereocenters. The minimum Gasteiger partial charge on any atom is -0.477 e. The summed E-state index contributed by atoms with van der Waals surface area (Å²) < 4.78 is 0. The minimum absolute atomic E-state index is 0.00968. The number of β-lactam (4-membered cyclic amide) rings is 1. The molecule has 1 fully saturated rings. The number of aliphatic carboxylic acids is 1. The normalized spacial score (nSPS) is 22.7. The summed E-state index contributed by atoms with van der Waals surface area (Å²) in [7, 11) is 1.77. The maximum atomic E-state index is 12.3. The van der Waals surface area contributed by atoms with Crippen molar-refractivity contribution >= 4 is 23.4 Å². The van der Waals surface area contributed by atoms with Gasteiger partial charge in [0.05, 0.1) is 24.6 Å². The molecule has 27 heavy (non-hydrogen) atoms. The number of amides is 2. The molecule has 0 saturated carbocycles. The van der Waals surface area contributed by atoms with Gasteiger partial charge >= 0.3 is 5.97 Å². The fraction of sp³-hybridized carbons (Fsp3) is 0.421. The van der Waals surface area contributed by atoms with Crippen LogP contribution in [-0.4, -0.2) is 63.5 Å². The molecule has 0 spiro atoms. The van der Waals surface area contributed by atoms with E-state index < -0.39 is 23.9 Å². The summed E-state index contributed by atoms with van der Waals surface area (Å²) in [4.78, 5) is 38.2. The number of primary amides is 1. The standard InChI is InChI=1S/C19H23N3O5/c1-10(23)16-14-7-13(17(19(26)27)22(14)18(16)25)12-5-3-4-11(6-12)8-21(2)9-15(20)24/h3-6,10,14,16,23H,7-9H2,1-2H3,(H2,20,24)(H,26,27)/t10-,14-,16-/m1/s1. The Morgan fingerprint density at radius 2 is 2.11 bits per heavy atom. The summed E-state index contributed by atoms with van der Waals surface area (Å²) in [6, 6.07) is 7.06. The summed E-state index contributed by atoms with van der Waals surface area (Å²) in [6.07, 6.45) is -0.425. The molecule has 144 valence electrons. The number of rotatable bonds is 7. The molecule has 1 aromatic carbocycles. The molecule has 2 aliphatic rings. The molecular weight excluding hydrogens is 350 g/mol. The van der Waals surface area contributed by atoms with Crippen molar-refractivity contribution in [3.63, 3.8) is 0 Å². The number of benzene rings is 1. The van der Waals surface area contributed by atoms with Crippen molar-refractivity contribution in [2.24, 2.45) is 11.7 Å². The van der Waals surface area contributed by atoms with Crippen molar-refractivity contribution in [2.45, 2.75) is 32.0 Å². The maximum Gasteiger partial charge on any atom is 0.352 e. The van der Waals surface area contributed by atoms with Crippen LogP contribution in [0.1, 0.15) is 24.5 Å². The lowest BCUT2D eigenvalue weighted by atomic mass is 9.82. The summed E-state index contributed by atoms with van der Waals surface area (Å²) in [5.74, 6) is -2.49. The van der Waals surface area contributed by atoms with Crippen LogP contribution in [0, 0.1) is 5.92 Å². The van der Waals surface area contributed by atoms with Crippen LogP contribution in [-0.2, 0) is 20.9 Å². The van der Waals surface area contributed by atoms with Crippen LogP contribution in [0.4, 0.5) is 0 Å². The number of carboxylic acids is 1. The number of hydrogen-bond acceptors (Lipinski definition) is 5. The van der Waals surface area contributed by atoms with Crippen LogP contribution in [0.3, 0.4) is 0 Å². The van der Waals surface area contributed by atoms with Crippen LogP contribution in [0.2, 0.25) is 0 Å². The number of carboxylic acid groups (broad SMARTS) is 1. The predicted molar refractivity (Wildman–Crippen MR) is 96.9 cm³/mol. The highest BCUT2D eigenvalue weighted by Gasteiger charge is 2.56. The lowest BCUT2D eigenvalue weighted by molar-refractivity contribution is -0.161. The number of nitrogens with zero attached hydrogens (tertiary/aromatic N) is 2. The third-order valence-electron chi connectivity index (χ3n) is 5.08. The van der Waals surface area contributed by atoms with Crippen molar-refractivity contribution in [3.8, 4) is 0 Å². The molecule has 0 bridgehead atoms. The van der Waals surface area contributed by atoms with Gasteiger partial charge in [-0.2, -0.15) is 0 Å². The van der Waals surface area contributed by atoms with Gasteiger partial charge in [0.1, 0.15) is 5.70 Å². The second kappa shape index (κ2) is 7.13. The number of fused-ring (bicyclic) bond motifs is 1. The van der Waals surface area contributed by atoms with Gasteiger partial charge in [-0.3, -0.25) is 14.5 Å². The zero-order valence-corrected chi connectivity index (χ0v) is 15.3. The van der Waals surface area contributed by atoms with Gasteiger partial charge < -0.3 is 20.8 Å². The van der Waals surface area contributed by atoms with Crippen molar-refractivity contribution in [3.05, 3.63) is 41.1 Å². The molecule has 1 saturated heterocycles. The van der Waals surface area contributed by atoms with Gasteiger partial charge in [0.15, 0.2) is 0 Å². The first-order valence-electron chi connectivity index (χ1n) is 8.74. The highest BCUT2D eigenvalue weighted by Crippen LogP contribution is 2.46. The molecule has 1 aromatic rings. The topological polar surface area (TPSA) is 124 Å². The van der Waals surface area contributed by atoms with E-state index in [0.717, 1.165) is 11.1 Å². The second-order valence-corrected chi connectivity index (χ2v) is 7.22. The van der Waals surface area contributed by atoms with Gasteiger partial charge in [0.2, 0.25) is 11.8 Å². The number of carbonyl (C=O) groups excluding carboxylic acids is 2. The Bertz CT molecular complexity index is 832. The molecule has 8 heteroatoms. The maximum absolute atomic E-state index is 12.3. The number of aliphatic hydroxyl groups excluding tert-OH is 1. The minimum atomic E-state index is -1.15. The lowest BCUT2D eigenvalue weighted by Crippen LogP contribution is -2.61. The highest BCUT2D eigenvalue weighted by atomic mass is 16.4. The van der Waals surface area contributed by atoms with Crippen molar-refractivity contribution in [1.82, 2.24) is 9.80 Å². The second-order valence-electron chi connectivity index (χ2n) is 7.22. The van der Waals surface area contributed by atoms with E-state index in [2.05, 4.69) is 0 Å². The van der Waals surface area contributed by atoms with Crippen molar-refractivity contribution < 1.29 is 24.6 Å². The molecule has 3 rings (SSSR count). The van der Waals surface area contributed by atoms with Gasteiger partial charge in [0, 0.05) is 6.54 Å². The van der Waals surface area contributed by atoms with E-state index in [0.29, 0.717) is 18.5 Å². The Labute approximate surface area is 156 Å². The van der Waals surface area contributed by atoms with Crippen LogP contribution >= 0.6 is 0 Å². The van der Waals surface area contributed by atoms with Gasteiger partial charge in [-0.15, -0.1) is 0 Å². The van der Waals surface area contributed by atoms with Crippen LogP contribution in [0.25, 0.3) is 5.57 Å². The average molecular weight is 373 g/mol. The van der Waals surface area contributed by atoms with Crippen LogP contribution in [0.5, 0.6) is 0 Å². The summed E-state index contributed by atoms with van der Waals surface area (Å²) >= 11 is 0. The Balaban J connectivity index is 1.89. The smallest absolute Gasteiger partial charge is 0.352 e. The van der Waals surface area contributed by atoms with Crippen LogP contribution in [0.15, 0.2) is 30.0 Å². The summed E-state index contributed by atoms with van der Waals surface area (Å²) in [5, 5.41) is 19.5. The molecule has 0 radical (unpaired) electrons. The van der Waals surface area contributed by atoms with E-state index in [1.54, 1.807) is 18.9 Å². The first kappa shape index (κ1) is 19.1. The van der Waals surface area contributed by atoms with E-state index in [1.807, 2.05) is 24.3 Å². The molecule has 8 nitrogen and oxygen atoms in total. The highest BCUT2D eigenvalue weighted by molar-refractivity contribution is 6.06. The Morgan fingerprint density at radius 3 is 2.70 bits per heavy atom. The fourth-order valence-electron chi connectivity index (χ4n) is 4.02. The molecule has 2 amide bonds. The van der Waals surface area contributed by atoms with E-state index in [-0.39, 0.29) is 24.2 Å². The van der Waals surface area contributed by atoms with Crippen molar-refractivity contribution in [2.75, 3.05) is 13.6 Å². The van der Waals surface area contributed by atoms with Gasteiger partial charge in [-0.1, -0.05) is 24.3 Å². The third kappa shape index (κ3) is 3.45. The van der Waals surface area contributed by atoms with E-state index >= 15 is 0 Å². The predicted octanol–water partition coefficient (Wildman–Crippen LogP) is 0.0109. The first-order valence-corrected chi connectivity index (χ1v) is 8.74. The number of carbonyl (C=O) groups is 3. The number of nitrogens with two attached hydrogens (primary N) is 1. The van der Waals surface area contributed by atoms with Crippen LogP contribution < -0.4 is 5.73 Å². The third-order valence-corrected chi connectivity index (χ3v) is 5.08. The zero-order valence-electron chi connectivity index (χ0n) is 15.3. The van der Waals surface area contributed by atoms with E-state index in [4.69, 9.17) is 5.73 Å². The Hall–Kier alpha value is -2.71. The largest absolute Gasteiger partial charge is 0.477 e. The van der Waals surface area contributed by atoms with E-state index in [1.165, 1.54) is 4.90 Å². The SMILES string of the molecule is C[C@@H](O)[C@H]1C(=O)N2C(C(=O)O)=C(c3cccc(CN(C)CC(N)=O)c3)C[C@H]12. The molecule has 0 unspecified atom stereocenters. The Kier molecular flexibility index (Phi) is 5.03. The summed E-state index contributed by atoms with van der Waals surface area (Å²) in [5.41, 5.74) is 7.41. The Morgan fingerprint density at radius 1 is 1.41 bits per heavy atom. The fourth-order valence-corrected chi connectivity index (χ4v) is 4.02. The molecular formula is C19H23N3O5. The van der Waals surface area contributed by atoms with Crippen molar-refractivity contribution in [1.29, 1.82) is 0 Å². The first-order chi connectivity index (χ1) is 12.7. The quantitative estimate of drug-likeness (QED) is 0.579. The summed E-state index contributed by atoms with van der Waals surface area (Å²) in [6.45, 7) is 2.15. The monoisotopic (exact) mass is 373 g/mol. The number of likely N-dealkylation sites (N-methyl/N-ethyl adjacent to an activating group) is 1. The van der Waals surface area contributed by atoms with Gasteiger partial charge in [0.25, 0.3) is 0 Å².